The molecule has 39 heavy (non-hydrogen) atoms. The fourth-order valence-electron chi connectivity index (χ4n) is 3.50. The molecule has 4 rings (SSSR count). The highest BCUT2D eigenvalue weighted by atomic mass is 35.5. The second kappa shape index (κ2) is 10.6. The molecule has 0 radical (unpaired) electrons. The van der Waals surface area contributed by atoms with Crippen molar-refractivity contribution in [1.29, 1.82) is 0 Å². The van der Waals surface area contributed by atoms with Crippen molar-refractivity contribution in [1.82, 2.24) is 10.3 Å². The third-order valence-corrected chi connectivity index (χ3v) is 6.37. The molecule has 0 saturated heterocycles. The maximum Gasteiger partial charge on any atom is 0.433 e. The number of nitrogens with zero attached hydrogens (tertiary/aromatic N) is 1. The molecule has 3 N–H and O–H groups in total. The largest absolute Gasteiger partial charge is 0.433 e. The van der Waals surface area contributed by atoms with Crippen LogP contribution in [0.3, 0.4) is 0 Å². The molecule has 0 bridgehead atoms. The minimum Gasteiger partial charge on any atom is -0.350 e. The molecule has 0 spiro atoms. The van der Waals surface area contributed by atoms with Gasteiger partial charge in [-0.2, -0.15) is 26.3 Å². The van der Waals surface area contributed by atoms with Gasteiger partial charge in [0.2, 0.25) is 4.33 Å². The number of anilines is 2. The minimum absolute atomic E-state index is 0.00391. The van der Waals surface area contributed by atoms with Gasteiger partial charge in [0.1, 0.15) is 5.69 Å². The Kier molecular flexibility index (Phi) is 7.72. The molecule has 3 amide bonds. The van der Waals surface area contributed by atoms with E-state index in [0.29, 0.717) is 6.07 Å². The second-order valence-corrected chi connectivity index (χ2v) is 9.97. The van der Waals surface area contributed by atoms with Crippen molar-refractivity contribution in [2.45, 2.75) is 35.6 Å². The smallest absolute Gasteiger partial charge is 0.350 e. The Morgan fingerprint density at radius 3 is 2.15 bits per heavy atom. The van der Waals surface area contributed by atoms with Crippen LogP contribution in [0.2, 0.25) is 0 Å². The summed E-state index contributed by atoms with van der Waals surface area (Å²) in [5.74, 6) is -0.738. The van der Waals surface area contributed by atoms with E-state index in [2.05, 4.69) is 20.9 Å². The molecule has 1 fully saturated rings. The van der Waals surface area contributed by atoms with Gasteiger partial charge in [-0.15, -0.1) is 0 Å². The van der Waals surface area contributed by atoms with Crippen LogP contribution in [0.5, 0.6) is 0 Å². The number of amides is 3. The van der Waals surface area contributed by atoms with Crippen LogP contribution in [0, 0.1) is 0 Å². The van der Waals surface area contributed by atoms with E-state index in [1.165, 1.54) is 30.3 Å². The first-order chi connectivity index (χ1) is 18.1. The summed E-state index contributed by atoms with van der Waals surface area (Å²) in [4.78, 5) is 29.0. The maximum absolute atomic E-state index is 13.3. The Morgan fingerprint density at radius 1 is 0.821 bits per heavy atom. The third kappa shape index (κ3) is 6.93. The number of hydrogen-bond donors (Lipinski definition) is 3. The number of halogens is 8. The van der Waals surface area contributed by atoms with E-state index in [4.69, 9.17) is 23.2 Å². The van der Waals surface area contributed by atoms with Crippen molar-refractivity contribution < 1.29 is 35.9 Å². The molecule has 1 aliphatic carbocycles. The zero-order valence-electron chi connectivity index (χ0n) is 19.6. The van der Waals surface area contributed by atoms with Crippen molar-refractivity contribution in [3.8, 4) is 11.3 Å². The van der Waals surface area contributed by atoms with E-state index in [9.17, 15) is 35.9 Å². The molecule has 1 saturated carbocycles. The van der Waals surface area contributed by atoms with E-state index in [0.717, 1.165) is 37.1 Å². The maximum atomic E-state index is 13.3. The van der Waals surface area contributed by atoms with Crippen molar-refractivity contribution in [3.05, 3.63) is 77.5 Å². The summed E-state index contributed by atoms with van der Waals surface area (Å²) in [5, 5.41) is 7.26. The standard InChI is InChI=1S/C25H18Cl2F6N4O2/c26-23(27,21(38)34-15-8-9-15)13-7-10-17(18-5-2-6-20(36-18)25(31,32)33)19(12-13)37-22(39)35-16-4-1-3-14(11-16)24(28,29)30/h1-7,10-12,15H,8-9H2,(H,34,38)(H2,35,37,39). The van der Waals surface area contributed by atoms with Gasteiger partial charge < -0.3 is 16.0 Å². The summed E-state index contributed by atoms with van der Waals surface area (Å²) in [6, 6.07) is 9.57. The molecular formula is C25H18Cl2F6N4O2. The lowest BCUT2D eigenvalue weighted by Gasteiger charge is -2.22. The monoisotopic (exact) mass is 590 g/mol. The van der Waals surface area contributed by atoms with Crippen LogP contribution < -0.4 is 16.0 Å². The average molecular weight is 591 g/mol. The lowest BCUT2D eigenvalue weighted by Crippen LogP contribution is -2.38. The molecule has 0 atom stereocenters. The average Bonchev–Trinajstić information content (AvgIpc) is 3.67. The molecule has 1 aliphatic rings. The van der Waals surface area contributed by atoms with E-state index >= 15 is 0 Å². The minimum atomic E-state index is -4.76. The van der Waals surface area contributed by atoms with E-state index in [-0.39, 0.29) is 34.2 Å². The third-order valence-electron chi connectivity index (χ3n) is 5.59. The van der Waals surface area contributed by atoms with Gasteiger partial charge >= 0.3 is 18.4 Å². The zero-order valence-corrected chi connectivity index (χ0v) is 21.1. The quantitative estimate of drug-likeness (QED) is 0.207. The topological polar surface area (TPSA) is 83.1 Å². The molecular weight excluding hydrogens is 573 g/mol. The van der Waals surface area contributed by atoms with Gasteiger partial charge in [0.15, 0.2) is 0 Å². The van der Waals surface area contributed by atoms with Crippen molar-refractivity contribution >= 4 is 46.5 Å². The van der Waals surface area contributed by atoms with Crippen molar-refractivity contribution in [2.24, 2.45) is 0 Å². The first-order valence-corrected chi connectivity index (χ1v) is 12.0. The van der Waals surface area contributed by atoms with E-state index in [1.807, 2.05) is 0 Å². The molecule has 1 heterocycles. The Morgan fingerprint density at radius 2 is 1.51 bits per heavy atom. The number of aromatic nitrogens is 1. The van der Waals surface area contributed by atoms with Gasteiger partial charge in [0, 0.05) is 17.3 Å². The molecule has 0 unspecified atom stereocenters. The highest BCUT2D eigenvalue weighted by Crippen LogP contribution is 2.40. The number of urea groups is 1. The van der Waals surface area contributed by atoms with Crippen LogP contribution in [-0.4, -0.2) is 23.0 Å². The van der Waals surface area contributed by atoms with Crippen LogP contribution in [0.1, 0.15) is 29.7 Å². The molecule has 0 aliphatic heterocycles. The predicted molar refractivity (Wildman–Crippen MR) is 133 cm³/mol. The number of nitrogens with one attached hydrogen (secondary N) is 3. The molecule has 1 aromatic heterocycles. The predicted octanol–water partition coefficient (Wildman–Crippen LogP) is 7.34. The zero-order chi connectivity index (χ0) is 28.6. The van der Waals surface area contributed by atoms with Gasteiger partial charge in [-0.1, -0.05) is 47.5 Å². The number of carbonyl (C=O) groups is 2. The normalized spacial score (nSPS) is 14.1. The first kappa shape index (κ1) is 28.5. The summed E-state index contributed by atoms with van der Waals surface area (Å²) < 4.78 is 76.8. The van der Waals surface area contributed by atoms with Crippen LogP contribution in [0.4, 0.5) is 42.5 Å². The highest BCUT2D eigenvalue weighted by Gasteiger charge is 2.39. The van der Waals surface area contributed by atoms with Gasteiger partial charge in [0.05, 0.1) is 16.9 Å². The van der Waals surface area contributed by atoms with Gasteiger partial charge in [-0.3, -0.25) is 4.79 Å². The summed E-state index contributed by atoms with van der Waals surface area (Å²) in [7, 11) is 0. The summed E-state index contributed by atoms with van der Waals surface area (Å²) >= 11 is 12.6. The van der Waals surface area contributed by atoms with Crippen molar-refractivity contribution in [2.75, 3.05) is 10.6 Å². The number of rotatable bonds is 6. The molecule has 2 aromatic carbocycles. The van der Waals surface area contributed by atoms with Gasteiger partial charge in [-0.05, 0) is 54.8 Å². The molecule has 206 valence electrons. The summed E-state index contributed by atoms with van der Waals surface area (Å²) in [6.45, 7) is 0. The van der Waals surface area contributed by atoms with Gasteiger partial charge in [0.25, 0.3) is 5.91 Å². The van der Waals surface area contributed by atoms with E-state index in [1.54, 1.807) is 0 Å². The fraction of sp³-hybridized carbons (Fsp3) is 0.240. The van der Waals surface area contributed by atoms with Gasteiger partial charge in [-0.25, -0.2) is 9.78 Å². The second-order valence-electron chi connectivity index (χ2n) is 8.65. The molecule has 6 nitrogen and oxygen atoms in total. The Hall–Kier alpha value is -3.51. The number of carbonyl (C=O) groups excluding carboxylic acids is 2. The van der Waals surface area contributed by atoms with Crippen LogP contribution in [0.25, 0.3) is 11.3 Å². The van der Waals surface area contributed by atoms with E-state index < -0.39 is 39.9 Å². The molecule has 3 aromatic rings. The van der Waals surface area contributed by atoms with Crippen LogP contribution in [-0.2, 0) is 21.5 Å². The number of benzene rings is 2. The lowest BCUT2D eigenvalue weighted by atomic mass is 10.0. The number of pyridine rings is 1. The Balaban J connectivity index is 1.69. The van der Waals surface area contributed by atoms with Crippen molar-refractivity contribution in [3.63, 3.8) is 0 Å². The lowest BCUT2D eigenvalue weighted by molar-refractivity contribution is -0.141. The summed E-state index contributed by atoms with van der Waals surface area (Å²) in [5.41, 5.74) is -2.78. The SMILES string of the molecule is O=C(Nc1cccc(C(F)(F)F)c1)Nc1cc(C(Cl)(Cl)C(=O)NC2CC2)ccc1-c1cccc(C(F)(F)F)n1. The fourth-order valence-corrected chi connectivity index (χ4v) is 3.85. The Labute approximate surface area is 227 Å². The number of alkyl halides is 8. The van der Waals surface area contributed by atoms with Crippen LogP contribution in [0.15, 0.2) is 60.7 Å². The highest BCUT2D eigenvalue weighted by molar-refractivity contribution is 6.57. The first-order valence-electron chi connectivity index (χ1n) is 11.3. The van der Waals surface area contributed by atoms with Crippen LogP contribution >= 0.6 is 23.2 Å². The number of hydrogen-bond acceptors (Lipinski definition) is 3. The summed E-state index contributed by atoms with van der Waals surface area (Å²) in [6.07, 6.45) is -7.92. The molecule has 14 heteroatoms. The Bertz CT molecular complexity index is 1410.